The summed E-state index contributed by atoms with van der Waals surface area (Å²) in [6.45, 7) is 4.67. The van der Waals surface area contributed by atoms with Crippen molar-refractivity contribution in [1.29, 1.82) is 0 Å². The van der Waals surface area contributed by atoms with Gasteiger partial charge in [-0.15, -0.1) is 0 Å². The highest BCUT2D eigenvalue weighted by molar-refractivity contribution is 4.96. The quantitative estimate of drug-likeness (QED) is 0.745. The van der Waals surface area contributed by atoms with Crippen molar-refractivity contribution in [2.75, 3.05) is 33.0 Å². The van der Waals surface area contributed by atoms with Gasteiger partial charge in [0.15, 0.2) is 11.9 Å². The maximum atomic E-state index is 5.90. The van der Waals surface area contributed by atoms with E-state index in [0.29, 0.717) is 44.7 Å². The number of hydrogen-bond donors (Lipinski definition) is 1. The molecule has 1 aliphatic heterocycles. The van der Waals surface area contributed by atoms with Crippen molar-refractivity contribution in [1.82, 2.24) is 10.1 Å². The fraction of sp³-hybridized carbons (Fsp3) is 0.818. The molecule has 0 amide bonds. The molecule has 0 saturated carbocycles. The van der Waals surface area contributed by atoms with E-state index in [1.54, 1.807) is 0 Å². The molecule has 102 valence electrons. The van der Waals surface area contributed by atoms with Crippen LogP contribution in [0.3, 0.4) is 0 Å². The largest absolute Gasteiger partial charge is 0.379 e. The van der Waals surface area contributed by atoms with E-state index in [1.807, 2.05) is 6.92 Å². The summed E-state index contributed by atoms with van der Waals surface area (Å²) in [6.07, 6.45) is 0.668. The van der Waals surface area contributed by atoms with Crippen LogP contribution in [0.2, 0.25) is 0 Å². The lowest BCUT2D eigenvalue weighted by atomic mass is 10.3. The molecule has 7 nitrogen and oxygen atoms in total. The number of rotatable bonds is 6. The van der Waals surface area contributed by atoms with E-state index in [2.05, 4.69) is 10.1 Å². The summed E-state index contributed by atoms with van der Waals surface area (Å²) in [7, 11) is 0. The second-order valence-electron chi connectivity index (χ2n) is 4.11. The Labute approximate surface area is 106 Å². The molecule has 1 aromatic rings. The summed E-state index contributed by atoms with van der Waals surface area (Å²) < 4.78 is 21.2. The molecule has 18 heavy (non-hydrogen) atoms. The molecule has 0 aromatic carbocycles. The van der Waals surface area contributed by atoms with Gasteiger partial charge in [0.05, 0.1) is 32.5 Å². The summed E-state index contributed by atoms with van der Waals surface area (Å²) >= 11 is 0. The summed E-state index contributed by atoms with van der Waals surface area (Å²) in [5.74, 6) is 0.853. The topological polar surface area (TPSA) is 92.6 Å². The zero-order valence-corrected chi connectivity index (χ0v) is 10.5. The minimum absolute atomic E-state index is 0.288. The molecular weight excluding hydrogens is 238 g/mol. The first-order valence-electron chi connectivity index (χ1n) is 6.17. The Morgan fingerprint density at radius 2 is 2.39 bits per heavy atom. The summed E-state index contributed by atoms with van der Waals surface area (Å²) in [5.41, 5.74) is 5.90. The third kappa shape index (κ3) is 3.49. The van der Waals surface area contributed by atoms with Gasteiger partial charge in [0.25, 0.3) is 5.89 Å². The second kappa shape index (κ2) is 6.79. The van der Waals surface area contributed by atoms with Crippen LogP contribution in [0.1, 0.15) is 37.2 Å². The van der Waals surface area contributed by atoms with Gasteiger partial charge < -0.3 is 24.5 Å². The third-order valence-corrected chi connectivity index (χ3v) is 2.53. The monoisotopic (exact) mass is 257 g/mol. The average Bonchev–Trinajstić information content (AvgIpc) is 2.89. The number of aromatic nitrogens is 2. The molecule has 2 unspecified atom stereocenters. The van der Waals surface area contributed by atoms with E-state index < -0.39 is 0 Å². The van der Waals surface area contributed by atoms with Crippen molar-refractivity contribution in [3.63, 3.8) is 0 Å². The normalized spacial score (nSPS) is 22.0. The van der Waals surface area contributed by atoms with E-state index >= 15 is 0 Å². The zero-order chi connectivity index (χ0) is 12.8. The van der Waals surface area contributed by atoms with Crippen molar-refractivity contribution in [3.8, 4) is 0 Å². The minimum atomic E-state index is -0.376. The number of hydrogen-bond acceptors (Lipinski definition) is 7. The molecule has 7 heteroatoms. The highest BCUT2D eigenvalue weighted by Gasteiger charge is 2.24. The van der Waals surface area contributed by atoms with Gasteiger partial charge in [0.1, 0.15) is 0 Å². The maximum Gasteiger partial charge on any atom is 0.258 e. The smallest absolute Gasteiger partial charge is 0.258 e. The Morgan fingerprint density at radius 3 is 3.11 bits per heavy atom. The van der Waals surface area contributed by atoms with Gasteiger partial charge in [-0.05, 0) is 6.42 Å². The van der Waals surface area contributed by atoms with Crippen LogP contribution in [0.5, 0.6) is 0 Å². The van der Waals surface area contributed by atoms with Crippen LogP contribution < -0.4 is 5.73 Å². The Kier molecular flexibility index (Phi) is 5.06. The molecule has 1 saturated heterocycles. The summed E-state index contributed by atoms with van der Waals surface area (Å²) in [6, 6.07) is -0.376. The lowest BCUT2D eigenvalue weighted by Crippen LogP contribution is -2.22. The first-order chi connectivity index (χ1) is 8.81. The van der Waals surface area contributed by atoms with Gasteiger partial charge in [0, 0.05) is 6.61 Å². The molecule has 0 bridgehead atoms. The Bertz CT molecular complexity index is 352. The lowest BCUT2D eigenvalue weighted by Gasteiger charge is -2.19. The van der Waals surface area contributed by atoms with Crippen LogP contribution in [0, 0.1) is 0 Å². The standard InChI is InChI=1S/C11H19N3O4/c1-2-3-15-6-8(12)10-13-11(18-14-10)9-7-16-4-5-17-9/h8-9H,2-7,12H2,1H3. The van der Waals surface area contributed by atoms with Crippen LogP contribution >= 0.6 is 0 Å². The molecule has 1 fully saturated rings. The molecular formula is C11H19N3O4. The predicted octanol–water partition coefficient (Wildman–Crippen LogP) is 0.584. The lowest BCUT2D eigenvalue weighted by molar-refractivity contribution is -0.101. The average molecular weight is 257 g/mol. The molecule has 2 rings (SSSR count). The van der Waals surface area contributed by atoms with Crippen molar-refractivity contribution in [2.45, 2.75) is 25.5 Å². The molecule has 1 aromatic heterocycles. The molecule has 0 spiro atoms. The third-order valence-electron chi connectivity index (χ3n) is 2.53. The first-order valence-corrected chi connectivity index (χ1v) is 6.17. The minimum Gasteiger partial charge on any atom is -0.379 e. The van der Waals surface area contributed by atoms with Crippen LogP contribution in [0.25, 0.3) is 0 Å². The number of nitrogens with zero attached hydrogens (tertiary/aromatic N) is 2. The van der Waals surface area contributed by atoms with Crippen molar-refractivity contribution in [2.24, 2.45) is 5.73 Å². The van der Waals surface area contributed by atoms with Gasteiger partial charge in [-0.3, -0.25) is 0 Å². The fourth-order valence-corrected chi connectivity index (χ4v) is 1.59. The molecule has 2 atom stereocenters. The van der Waals surface area contributed by atoms with E-state index in [9.17, 15) is 0 Å². The van der Waals surface area contributed by atoms with Gasteiger partial charge in [-0.1, -0.05) is 12.1 Å². The van der Waals surface area contributed by atoms with Crippen LogP contribution in [0.15, 0.2) is 4.52 Å². The van der Waals surface area contributed by atoms with E-state index in [1.165, 1.54) is 0 Å². The van der Waals surface area contributed by atoms with E-state index in [0.717, 1.165) is 6.42 Å². The molecule has 1 aliphatic rings. The zero-order valence-electron chi connectivity index (χ0n) is 10.5. The van der Waals surface area contributed by atoms with Gasteiger partial charge in [0.2, 0.25) is 0 Å². The summed E-state index contributed by atoms with van der Waals surface area (Å²) in [4.78, 5) is 4.22. The van der Waals surface area contributed by atoms with Crippen LogP contribution in [0.4, 0.5) is 0 Å². The summed E-state index contributed by atoms with van der Waals surface area (Å²) in [5, 5.41) is 3.84. The Hall–Kier alpha value is -1.02. The highest BCUT2D eigenvalue weighted by Crippen LogP contribution is 2.20. The highest BCUT2D eigenvalue weighted by atomic mass is 16.6. The molecule has 2 heterocycles. The SMILES string of the molecule is CCCOCC(N)c1noc(C2COCCO2)n1. The van der Waals surface area contributed by atoms with Gasteiger partial charge in [-0.2, -0.15) is 4.98 Å². The number of ether oxygens (including phenoxy) is 3. The first kappa shape index (κ1) is 13.4. The predicted molar refractivity (Wildman–Crippen MR) is 61.8 cm³/mol. The van der Waals surface area contributed by atoms with Crippen molar-refractivity contribution in [3.05, 3.63) is 11.7 Å². The Balaban J connectivity index is 1.88. The van der Waals surface area contributed by atoms with E-state index in [4.69, 9.17) is 24.5 Å². The molecule has 0 aliphatic carbocycles. The van der Waals surface area contributed by atoms with Gasteiger partial charge in [-0.25, -0.2) is 0 Å². The fourth-order valence-electron chi connectivity index (χ4n) is 1.59. The van der Waals surface area contributed by atoms with Crippen molar-refractivity contribution < 1.29 is 18.7 Å². The second-order valence-corrected chi connectivity index (χ2v) is 4.11. The van der Waals surface area contributed by atoms with E-state index in [-0.39, 0.29) is 12.1 Å². The van der Waals surface area contributed by atoms with Crippen molar-refractivity contribution >= 4 is 0 Å². The molecule has 0 radical (unpaired) electrons. The van der Waals surface area contributed by atoms with Gasteiger partial charge >= 0.3 is 0 Å². The maximum absolute atomic E-state index is 5.90. The van der Waals surface area contributed by atoms with Crippen LogP contribution in [-0.2, 0) is 14.2 Å². The number of nitrogens with two attached hydrogens (primary N) is 1. The molecule has 2 N–H and O–H groups in total. The Morgan fingerprint density at radius 1 is 1.50 bits per heavy atom. The van der Waals surface area contributed by atoms with Crippen LogP contribution in [-0.4, -0.2) is 43.2 Å².